The van der Waals surface area contributed by atoms with Gasteiger partial charge in [-0.05, 0) is 124 Å². The van der Waals surface area contributed by atoms with E-state index in [1.807, 2.05) is 12.1 Å². The highest BCUT2D eigenvalue weighted by Crippen LogP contribution is 2.61. The minimum absolute atomic E-state index is 0.139. The van der Waals surface area contributed by atoms with E-state index in [-0.39, 0.29) is 23.3 Å². The standard InChI is InChI=1S/C51H34O5/c52-47-46(48(53)50(55)51(56)49(47)54)39-23-31(16-20-36(39)44-37-21-15-28-7-2-6-27-14-19-35(38-24-40(38)44)45(37)42(27)28)30-8-3-9-32(22-30)33-17-12-29-11-10-25-4-1-5-26-13-18-34(33)43(29)41(25)26/h1-23,34,38,40,43,52-56H,24H2. The quantitative estimate of drug-likeness (QED) is 0.0918. The summed E-state index contributed by atoms with van der Waals surface area (Å²) in [7, 11) is 0. The number of hydrogen-bond donors (Lipinski definition) is 5. The van der Waals surface area contributed by atoms with Crippen molar-refractivity contribution in [2.75, 3.05) is 0 Å². The number of phenolic OH excluding ortho intramolecular Hbond substituents is 5. The number of benzene rings is 7. The van der Waals surface area contributed by atoms with Crippen molar-refractivity contribution in [2.24, 2.45) is 11.8 Å². The van der Waals surface area contributed by atoms with Gasteiger partial charge in [-0.2, -0.15) is 0 Å². The summed E-state index contributed by atoms with van der Waals surface area (Å²) < 4.78 is 0. The SMILES string of the molecule is Oc1c(O)c(O)c(-c2cc(-c3cccc(C4=CC=C5C=Cc6cccc7c6C5C4C=C7)c3)ccc2C2=c3ccc4cccc5ccc(c3c54)C3CC23)c(O)c1O. The molecular weight excluding hydrogens is 693 g/mol. The first-order valence-corrected chi connectivity index (χ1v) is 19.2. The van der Waals surface area contributed by atoms with Crippen LogP contribution in [-0.2, 0) is 0 Å². The van der Waals surface area contributed by atoms with Crippen molar-refractivity contribution >= 4 is 44.8 Å². The van der Waals surface area contributed by atoms with Crippen LogP contribution in [0.15, 0.2) is 133 Å². The molecule has 1 fully saturated rings. The zero-order chi connectivity index (χ0) is 37.6. The number of phenols is 5. The molecule has 7 aromatic carbocycles. The molecule has 4 atom stereocenters. The zero-order valence-corrected chi connectivity index (χ0v) is 30.0. The molecule has 0 saturated heterocycles. The average Bonchev–Trinajstić information content (AvgIpc) is 4.04. The van der Waals surface area contributed by atoms with E-state index in [9.17, 15) is 25.5 Å². The van der Waals surface area contributed by atoms with Gasteiger partial charge in [-0.25, -0.2) is 0 Å². The van der Waals surface area contributed by atoms with Gasteiger partial charge in [-0.3, -0.25) is 0 Å². The van der Waals surface area contributed by atoms with E-state index >= 15 is 0 Å². The first-order chi connectivity index (χ1) is 27.4. The summed E-state index contributed by atoms with van der Waals surface area (Å²) in [6.07, 6.45) is 14.5. The van der Waals surface area contributed by atoms with Gasteiger partial charge in [-0.15, -0.1) is 0 Å². The molecular formula is C51H34O5. The molecule has 1 saturated carbocycles. The third kappa shape index (κ3) is 4.14. The Hall–Kier alpha value is -6.98. The Morgan fingerprint density at radius 3 is 2.04 bits per heavy atom. The molecule has 12 rings (SSSR count). The highest BCUT2D eigenvalue weighted by molar-refractivity contribution is 6.13. The third-order valence-electron chi connectivity index (χ3n) is 13.1. The normalized spacial score (nSPS) is 20.8. The van der Waals surface area contributed by atoms with E-state index in [0.29, 0.717) is 11.5 Å². The predicted octanol–water partition coefficient (Wildman–Crippen LogP) is 10.7. The van der Waals surface area contributed by atoms with Gasteiger partial charge in [0, 0.05) is 11.8 Å². The second-order valence-electron chi connectivity index (χ2n) is 15.9. The Morgan fingerprint density at radius 1 is 0.518 bits per heavy atom. The van der Waals surface area contributed by atoms with E-state index in [2.05, 4.69) is 127 Å². The molecule has 0 spiro atoms. The summed E-state index contributed by atoms with van der Waals surface area (Å²) in [5.74, 6) is -3.20. The zero-order valence-electron chi connectivity index (χ0n) is 30.0. The summed E-state index contributed by atoms with van der Waals surface area (Å²) in [5, 5.41) is 60.8. The minimum Gasteiger partial charge on any atom is -0.504 e. The van der Waals surface area contributed by atoms with Crippen LogP contribution in [0.5, 0.6) is 28.7 Å². The molecule has 5 N–H and O–H groups in total. The van der Waals surface area contributed by atoms with Crippen LogP contribution in [0.3, 0.4) is 0 Å². The van der Waals surface area contributed by atoms with Crippen molar-refractivity contribution in [2.45, 2.75) is 18.3 Å². The van der Waals surface area contributed by atoms with Gasteiger partial charge in [0.25, 0.3) is 0 Å². The topological polar surface area (TPSA) is 101 Å². The highest BCUT2D eigenvalue weighted by atomic mass is 16.4. The fourth-order valence-corrected chi connectivity index (χ4v) is 10.5. The lowest BCUT2D eigenvalue weighted by molar-refractivity contribution is 0.330. The maximum absolute atomic E-state index is 11.4. The van der Waals surface area contributed by atoms with Crippen LogP contribution in [0.2, 0.25) is 0 Å². The Kier molecular flexibility index (Phi) is 6.19. The molecule has 7 aromatic rings. The summed E-state index contributed by atoms with van der Waals surface area (Å²) >= 11 is 0. The van der Waals surface area contributed by atoms with Crippen LogP contribution in [0.25, 0.3) is 67.1 Å². The summed E-state index contributed by atoms with van der Waals surface area (Å²) in [6, 6.07) is 36.2. The van der Waals surface area contributed by atoms with Gasteiger partial charge in [0.05, 0.1) is 5.56 Å². The van der Waals surface area contributed by atoms with Crippen molar-refractivity contribution < 1.29 is 25.5 Å². The Labute approximate surface area is 322 Å². The molecule has 268 valence electrons. The van der Waals surface area contributed by atoms with Gasteiger partial charge >= 0.3 is 0 Å². The van der Waals surface area contributed by atoms with Crippen LogP contribution in [-0.4, -0.2) is 25.5 Å². The predicted molar refractivity (Wildman–Crippen MR) is 222 cm³/mol. The second-order valence-corrected chi connectivity index (χ2v) is 15.9. The van der Waals surface area contributed by atoms with Crippen LogP contribution in [0.1, 0.15) is 51.6 Å². The fraction of sp³-hybridized carbons (Fsp3) is 0.0980. The molecule has 0 aliphatic heterocycles. The molecule has 0 radical (unpaired) electrons. The Morgan fingerprint density at radius 2 is 1.21 bits per heavy atom. The molecule has 5 heteroatoms. The van der Waals surface area contributed by atoms with Crippen molar-refractivity contribution in [1.82, 2.24) is 0 Å². The van der Waals surface area contributed by atoms with E-state index in [1.165, 1.54) is 54.9 Å². The summed E-state index contributed by atoms with van der Waals surface area (Å²) in [5.41, 5.74) is 12.9. The molecule has 5 nitrogen and oxygen atoms in total. The average molecular weight is 727 g/mol. The molecule has 4 unspecified atom stereocenters. The molecule has 0 bridgehead atoms. The smallest absolute Gasteiger partial charge is 0.208 e. The first-order valence-electron chi connectivity index (χ1n) is 19.2. The van der Waals surface area contributed by atoms with E-state index in [1.54, 1.807) is 0 Å². The van der Waals surface area contributed by atoms with Crippen LogP contribution in [0.4, 0.5) is 0 Å². The molecule has 56 heavy (non-hydrogen) atoms. The van der Waals surface area contributed by atoms with E-state index in [0.717, 1.165) is 39.5 Å². The summed E-state index contributed by atoms with van der Waals surface area (Å²) in [4.78, 5) is 0. The maximum Gasteiger partial charge on any atom is 0.208 e. The van der Waals surface area contributed by atoms with Gasteiger partial charge in [0.15, 0.2) is 11.5 Å². The molecule has 0 heterocycles. The van der Waals surface area contributed by atoms with Gasteiger partial charge in [-0.1, -0.05) is 127 Å². The lowest BCUT2D eigenvalue weighted by Gasteiger charge is -2.38. The van der Waals surface area contributed by atoms with Gasteiger partial charge in [0.2, 0.25) is 17.2 Å². The number of aromatic hydroxyl groups is 5. The Balaban J connectivity index is 1.06. The van der Waals surface area contributed by atoms with Gasteiger partial charge in [0.1, 0.15) is 0 Å². The monoisotopic (exact) mass is 726 g/mol. The lowest BCUT2D eigenvalue weighted by Crippen LogP contribution is -2.23. The van der Waals surface area contributed by atoms with Gasteiger partial charge < -0.3 is 25.5 Å². The highest BCUT2D eigenvalue weighted by Gasteiger charge is 2.46. The van der Waals surface area contributed by atoms with E-state index in [4.69, 9.17) is 0 Å². The van der Waals surface area contributed by atoms with Crippen LogP contribution in [0, 0.1) is 11.8 Å². The second kappa shape index (κ2) is 11.0. The first kappa shape index (κ1) is 31.4. The van der Waals surface area contributed by atoms with E-state index < -0.39 is 28.7 Å². The van der Waals surface area contributed by atoms with Crippen molar-refractivity contribution in [3.63, 3.8) is 0 Å². The number of hydrogen-bond acceptors (Lipinski definition) is 5. The number of fused-ring (bicyclic) bond motifs is 2. The largest absolute Gasteiger partial charge is 0.504 e. The van der Waals surface area contributed by atoms with Crippen molar-refractivity contribution in [1.29, 1.82) is 0 Å². The molecule has 0 aromatic heterocycles. The minimum atomic E-state index is -0.975. The van der Waals surface area contributed by atoms with Crippen LogP contribution >= 0.6 is 0 Å². The maximum atomic E-state index is 11.4. The third-order valence-corrected chi connectivity index (χ3v) is 13.1. The fourth-order valence-electron chi connectivity index (χ4n) is 10.5. The number of rotatable bonds is 4. The van der Waals surface area contributed by atoms with Crippen LogP contribution < -0.4 is 5.22 Å². The number of allylic oxidation sites excluding steroid dienone is 6. The molecule has 5 aliphatic carbocycles. The Bertz CT molecular complexity index is 3100. The lowest BCUT2D eigenvalue weighted by atomic mass is 9.65. The van der Waals surface area contributed by atoms with Crippen molar-refractivity contribution in [3.8, 4) is 51.0 Å². The summed E-state index contributed by atoms with van der Waals surface area (Å²) in [6.45, 7) is 0. The van der Waals surface area contributed by atoms with Crippen molar-refractivity contribution in [3.05, 3.63) is 172 Å². The molecule has 0 amide bonds. The molecule has 5 aliphatic rings.